The third-order valence-electron chi connectivity index (χ3n) is 4.56. The van der Waals surface area contributed by atoms with E-state index in [1.54, 1.807) is 30.3 Å². The van der Waals surface area contributed by atoms with Gasteiger partial charge in [0.2, 0.25) is 0 Å². The number of nitrogens with one attached hydrogen (secondary N) is 1. The molecule has 166 valence electrons. The number of rotatable bonds is 7. The lowest BCUT2D eigenvalue weighted by Gasteiger charge is -2.11. The number of aromatic carboxylic acids is 1. The van der Waals surface area contributed by atoms with Gasteiger partial charge in [0.1, 0.15) is 18.2 Å². The molecule has 0 saturated carbocycles. The van der Waals surface area contributed by atoms with Crippen LogP contribution in [0.4, 0.5) is 5.69 Å². The Labute approximate surface area is 200 Å². The minimum absolute atomic E-state index is 0.115. The first-order chi connectivity index (χ1) is 15.8. The molecule has 8 heteroatoms. The van der Waals surface area contributed by atoms with Gasteiger partial charge in [-0.25, -0.2) is 4.79 Å². The number of carboxylic acids is 1. The van der Waals surface area contributed by atoms with Crippen molar-refractivity contribution in [3.05, 3.63) is 98.5 Å². The number of carboxylic acid groups (broad SMARTS) is 1. The standard InChI is InChI=1S/C25H18Cl2N2O4/c1-15-3-2-4-20(9-15)29-24(30)19(13-28)10-17-11-21(26)23(22(27)12-17)33-14-16-5-7-18(8-6-16)25(31)32/h2-12H,14H2,1H3,(H,29,30)(H,31,32)/b19-10-. The molecule has 3 rings (SSSR count). The lowest BCUT2D eigenvalue weighted by Crippen LogP contribution is -2.13. The van der Waals surface area contributed by atoms with Crippen molar-refractivity contribution >= 4 is 46.8 Å². The van der Waals surface area contributed by atoms with Crippen LogP contribution in [0.1, 0.15) is 27.0 Å². The van der Waals surface area contributed by atoms with Gasteiger partial charge in [-0.15, -0.1) is 0 Å². The lowest BCUT2D eigenvalue weighted by atomic mass is 10.1. The predicted octanol–water partition coefficient (Wildman–Crippen LogP) is 6.12. The van der Waals surface area contributed by atoms with Crippen LogP contribution in [0, 0.1) is 18.3 Å². The number of amides is 1. The topological polar surface area (TPSA) is 99.4 Å². The molecule has 6 nitrogen and oxygen atoms in total. The molecule has 0 atom stereocenters. The van der Waals surface area contributed by atoms with Crippen LogP contribution in [0.25, 0.3) is 6.08 Å². The molecule has 3 aromatic carbocycles. The summed E-state index contributed by atoms with van der Waals surface area (Å²) in [4.78, 5) is 23.4. The molecule has 2 N–H and O–H groups in total. The maximum atomic E-state index is 12.5. The molecule has 0 saturated heterocycles. The number of carbonyl (C=O) groups is 2. The Bertz CT molecular complexity index is 1260. The zero-order valence-electron chi connectivity index (χ0n) is 17.4. The van der Waals surface area contributed by atoms with Gasteiger partial charge in [-0.1, -0.05) is 47.5 Å². The highest BCUT2D eigenvalue weighted by atomic mass is 35.5. The van der Waals surface area contributed by atoms with E-state index in [1.165, 1.54) is 30.3 Å². The summed E-state index contributed by atoms with van der Waals surface area (Å²) in [5.41, 5.74) is 2.80. The Kier molecular flexibility index (Phi) is 7.73. The lowest BCUT2D eigenvalue weighted by molar-refractivity contribution is -0.112. The molecule has 3 aromatic rings. The van der Waals surface area contributed by atoms with E-state index < -0.39 is 11.9 Å². The van der Waals surface area contributed by atoms with Gasteiger partial charge in [0.15, 0.2) is 5.75 Å². The highest BCUT2D eigenvalue weighted by Gasteiger charge is 2.13. The fourth-order valence-corrected chi connectivity index (χ4v) is 3.55. The Morgan fingerprint density at radius 2 is 1.76 bits per heavy atom. The van der Waals surface area contributed by atoms with Crippen molar-refractivity contribution in [1.29, 1.82) is 5.26 Å². The van der Waals surface area contributed by atoms with E-state index in [2.05, 4.69) is 5.32 Å². The van der Waals surface area contributed by atoms with Crippen LogP contribution in [0.15, 0.2) is 66.2 Å². The molecule has 0 aliphatic rings. The molecule has 0 aliphatic heterocycles. The Hall–Kier alpha value is -3.79. The van der Waals surface area contributed by atoms with Crippen molar-refractivity contribution in [3.63, 3.8) is 0 Å². The minimum Gasteiger partial charge on any atom is -0.486 e. The van der Waals surface area contributed by atoms with Crippen molar-refractivity contribution in [2.24, 2.45) is 0 Å². The number of halogens is 2. The van der Waals surface area contributed by atoms with Crippen LogP contribution in [-0.2, 0) is 11.4 Å². The molecular formula is C25H18Cl2N2O4. The van der Waals surface area contributed by atoms with Crippen LogP contribution >= 0.6 is 23.2 Å². The number of carbonyl (C=O) groups excluding carboxylic acids is 1. The fraction of sp³-hybridized carbons (Fsp3) is 0.0800. The van der Waals surface area contributed by atoms with E-state index in [1.807, 2.05) is 19.1 Å². The number of hydrogen-bond donors (Lipinski definition) is 2. The summed E-state index contributed by atoms with van der Waals surface area (Å²) >= 11 is 12.6. The van der Waals surface area contributed by atoms with E-state index in [-0.39, 0.29) is 33.5 Å². The van der Waals surface area contributed by atoms with Gasteiger partial charge >= 0.3 is 5.97 Å². The number of ether oxygens (including phenoxy) is 1. The SMILES string of the molecule is Cc1cccc(NC(=O)/C(C#N)=C\c2cc(Cl)c(OCc3ccc(C(=O)O)cc3)c(Cl)c2)c1. The molecule has 33 heavy (non-hydrogen) atoms. The van der Waals surface area contributed by atoms with Gasteiger partial charge < -0.3 is 15.2 Å². The predicted molar refractivity (Wildman–Crippen MR) is 128 cm³/mol. The summed E-state index contributed by atoms with van der Waals surface area (Å²) in [6.07, 6.45) is 1.39. The summed E-state index contributed by atoms with van der Waals surface area (Å²) in [6, 6.07) is 18.4. The van der Waals surface area contributed by atoms with Crippen molar-refractivity contribution in [2.75, 3.05) is 5.32 Å². The number of benzene rings is 3. The first-order valence-corrected chi connectivity index (χ1v) is 10.5. The molecule has 1 amide bonds. The maximum absolute atomic E-state index is 12.5. The normalized spacial score (nSPS) is 10.9. The quantitative estimate of drug-likeness (QED) is 0.313. The van der Waals surface area contributed by atoms with Crippen molar-refractivity contribution in [2.45, 2.75) is 13.5 Å². The van der Waals surface area contributed by atoms with Gasteiger partial charge in [0, 0.05) is 5.69 Å². The van der Waals surface area contributed by atoms with Gasteiger partial charge in [0.25, 0.3) is 5.91 Å². The first-order valence-electron chi connectivity index (χ1n) is 9.70. The second-order valence-corrected chi connectivity index (χ2v) is 7.91. The van der Waals surface area contributed by atoms with Crippen molar-refractivity contribution in [3.8, 4) is 11.8 Å². The Morgan fingerprint density at radius 1 is 1.09 bits per heavy atom. The number of anilines is 1. The van der Waals surface area contributed by atoms with E-state index in [0.717, 1.165) is 11.1 Å². The van der Waals surface area contributed by atoms with E-state index in [9.17, 15) is 14.9 Å². The third-order valence-corrected chi connectivity index (χ3v) is 5.12. The highest BCUT2D eigenvalue weighted by Crippen LogP contribution is 2.35. The van der Waals surface area contributed by atoms with Gasteiger partial charge in [0.05, 0.1) is 15.6 Å². The highest BCUT2D eigenvalue weighted by molar-refractivity contribution is 6.37. The summed E-state index contributed by atoms with van der Waals surface area (Å²) in [5.74, 6) is -1.33. The molecule has 0 fully saturated rings. The average Bonchev–Trinajstić information content (AvgIpc) is 2.77. The minimum atomic E-state index is -1.01. The van der Waals surface area contributed by atoms with Gasteiger partial charge in [-0.2, -0.15) is 5.26 Å². The molecule has 0 heterocycles. The molecule has 0 aromatic heterocycles. The van der Waals surface area contributed by atoms with Crippen molar-refractivity contribution < 1.29 is 19.4 Å². The molecule has 0 radical (unpaired) electrons. The zero-order chi connectivity index (χ0) is 24.0. The van der Waals surface area contributed by atoms with Crippen molar-refractivity contribution in [1.82, 2.24) is 0 Å². The molecule has 0 aliphatic carbocycles. The summed E-state index contributed by atoms with van der Waals surface area (Å²) in [5, 5.41) is 21.5. The van der Waals surface area contributed by atoms with Crippen LogP contribution < -0.4 is 10.1 Å². The number of aryl methyl sites for hydroxylation is 1. The van der Waals surface area contributed by atoms with E-state index in [4.69, 9.17) is 33.0 Å². The van der Waals surface area contributed by atoms with E-state index in [0.29, 0.717) is 11.3 Å². The average molecular weight is 481 g/mol. The monoisotopic (exact) mass is 480 g/mol. The van der Waals surface area contributed by atoms with E-state index >= 15 is 0 Å². The van der Waals surface area contributed by atoms with Crippen LogP contribution in [0.5, 0.6) is 5.75 Å². The zero-order valence-corrected chi connectivity index (χ0v) is 18.9. The summed E-state index contributed by atoms with van der Waals surface area (Å²) in [7, 11) is 0. The Balaban J connectivity index is 1.75. The van der Waals surface area contributed by atoms with Crippen LogP contribution in [0.3, 0.4) is 0 Å². The Morgan fingerprint density at radius 3 is 2.33 bits per heavy atom. The molecule has 0 bridgehead atoms. The summed E-state index contributed by atoms with van der Waals surface area (Å²) < 4.78 is 5.70. The maximum Gasteiger partial charge on any atom is 0.335 e. The number of hydrogen-bond acceptors (Lipinski definition) is 4. The summed E-state index contributed by atoms with van der Waals surface area (Å²) in [6.45, 7) is 2.02. The second kappa shape index (κ2) is 10.7. The second-order valence-electron chi connectivity index (χ2n) is 7.10. The van der Waals surface area contributed by atoms with Crippen LogP contribution in [-0.4, -0.2) is 17.0 Å². The molecular weight excluding hydrogens is 463 g/mol. The number of nitrogens with zero attached hydrogens (tertiary/aromatic N) is 1. The van der Waals surface area contributed by atoms with Crippen LogP contribution in [0.2, 0.25) is 10.0 Å². The van der Waals surface area contributed by atoms with Gasteiger partial charge in [-0.05, 0) is 66.1 Å². The first kappa shape index (κ1) is 23.9. The number of nitriles is 1. The molecule has 0 unspecified atom stereocenters. The third kappa shape index (κ3) is 6.36. The van der Waals surface area contributed by atoms with Gasteiger partial charge in [-0.3, -0.25) is 4.79 Å². The molecule has 0 spiro atoms. The fourth-order valence-electron chi connectivity index (χ4n) is 2.94. The largest absolute Gasteiger partial charge is 0.486 e. The smallest absolute Gasteiger partial charge is 0.335 e.